The van der Waals surface area contributed by atoms with E-state index >= 15 is 0 Å². The zero-order valence-electron chi connectivity index (χ0n) is 7.76. The lowest BCUT2D eigenvalue weighted by Gasteiger charge is -2.02. The van der Waals surface area contributed by atoms with Gasteiger partial charge >= 0.3 is 0 Å². The van der Waals surface area contributed by atoms with Crippen LogP contribution in [0.5, 0.6) is 0 Å². The topological polar surface area (TPSA) is 0 Å². The summed E-state index contributed by atoms with van der Waals surface area (Å²) in [5, 5.41) is -0.140. The lowest BCUT2D eigenvalue weighted by Crippen LogP contribution is -1.84. The largest absolute Gasteiger partial charge is 0.126 e. The minimum absolute atomic E-state index is 0.140. The Labute approximate surface area is 111 Å². The molecule has 2 aromatic heterocycles. The molecular formula is C10H7Cl3S2. The summed E-state index contributed by atoms with van der Waals surface area (Å²) in [6.07, 6.45) is 0. The molecule has 2 heterocycles. The molecule has 0 nitrogen and oxygen atoms in total. The SMILES string of the molecule is Cc1cc(C(Cl)c2ccc(Cl)s2)sc1Cl. The Balaban J connectivity index is 2.31. The molecule has 1 unspecified atom stereocenters. The minimum atomic E-state index is -0.140. The third-order valence-corrected chi connectivity index (χ3v) is 5.61. The first-order valence-corrected chi connectivity index (χ1v) is 7.05. The maximum Gasteiger partial charge on any atom is 0.102 e. The van der Waals surface area contributed by atoms with E-state index in [1.54, 1.807) is 0 Å². The van der Waals surface area contributed by atoms with Gasteiger partial charge < -0.3 is 0 Å². The highest BCUT2D eigenvalue weighted by Gasteiger charge is 2.16. The minimum Gasteiger partial charge on any atom is -0.126 e. The predicted molar refractivity (Wildman–Crippen MR) is 71.1 cm³/mol. The molecule has 0 aliphatic carbocycles. The maximum atomic E-state index is 6.33. The molecule has 2 aromatic rings. The quantitative estimate of drug-likeness (QED) is 0.619. The van der Waals surface area contributed by atoms with Gasteiger partial charge in [0.15, 0.2) is 0 Å². The summed E-state index contributed by atoms with van der Waals surface area (Å²) < 4.78 is 1.56. The highest BCUT2D eigenvalue weighted by atomic mass is 35.5. The molecule has 15 heavy (non-hydrogen) atoms. The van der Waals surface area contributed by atoms with Crippen LogP contribution in [0.4, 0.5) is 0 Å². The van der Waals surface area contributed by atoms with E-state index < -0.39 is 0 Å². The molecule has 0 N–H and O–H groups in total. The van der Waals surface area contributed by atoms with Gasteiger partial charge in [-0.25, -0.2) is 0 Å². The van der Waals surface area contributed by atoms with Crippen LogP contribution in [0.2, 0.25) is 8.67 Å². The van der Waals surface area contributed by atoms with E-state index in [1.807, 2.05) is 25.1 Å². The van der Waals surface area contributed by atoms with Crippen molar-refractivity contribution in [3.63, 3.8) is 0 Å². The average molecular weight is 298 g/mol. The summed E-state index contributed by atoms with van der Waals surface area (Å²) in [5.74, 6) is 0. The van der Waals surface area contributed by atoms with E-state index in [4.69, 9.17) is 34.8 Å². The molecule has 0 aliphatic heterocycles. The van der Waals surface area contributed by atoms with Crippen molar-refractivity contribution in [1.29, 1.82) is 0 Å². The number of thiophene rings is 2. The van der Waals surface area contributed by atoms with Crippen molar-refractivity contribution < 1.29 is 0 Å². The zero-order chi connectivity index (χ0) is 11.0. The van der Waals surface area contributed by atoms with Gasteiger partial charge in [0.1, 0.15) is 5.38 Å². The summed E-state index contributed by atoms with van der Waals surface area (Å²) in [6, 6.07) is 5.84. The molecule has 5 heteroatoms. The Morgan fingerprint density at radius 1 is 1.13 bits per heavy atom. The van der Waals surface area contributed by atoms with E-state index in [2.05, 4.69) is 0 Å². The highest BCUT2D eigenvalue weighted by molar-refractivity contribution is 7.18. The van der Waals surface area contributed by atoms with Gasteiger partial charge in [-0.15, -0.1) is 34.3 Å². The summed E-state index contributed by atoms with van der Waals surface area (Å²) in [6.45, 7) is 1.98. The predicted octanol–water partition coefficient (Wildman–Crippen LogP) is 5.75. The van der Waals surface area contributed by atoms with E-state index in [1.165, 1.54) is 22.7 Å². The van der Waals surface area contributed by atoms with Gasteiger partial charge in [0.25, 0.3) is 0 Å². The molecule has 0 saturated heterocycles. The van der Waals surface area contributed by atoms with Crippen molar-refractivity contribution >= 4 is 57.5 Å². The molecule has 0 amide bonds. The number of hydrogen-bond acceptors (Lipinski definition) is 2. The Kier molecular flexibility index (Phi) is 3.63. The number of rotatable bonds is 2. The van der Waals surface area contributed by atoms with E-state index in [0.717, 1.165) is 24.0 Å². The fourth-order valence-electron chi connectivity index (χ4n) is 1.21. The number of alkyl halides is 1. The van der Waals surface area contributed by atoms with Crippen molar-refractivity contribution in [3.8, 4) is 0 Å². The Hall–Kier alpha value is 0.270. The van der Waals surface area contributed by atoms with Crippen LogP contribution in [-0.4, -0.2) is 0 Å². The van der Waals surface area contributed by atoms with Gasteiger partial charge in [-0.05, 0) is 30.7 Å². The Morgan fingerprint density at radius 2 is 1.87 bits per heavy atom. The van der Waals surface area contributed by atoms with Crippen LogP contribution in [0.25, 0.3) is 0 Å². The first kappa shape index (κ1) is 11.7. The second kappa shape index (κ2) is 4.64. The average Bonchev–Trinajstić information content (AvgIpc) is 2.74. The third-order valence-electron chi connectivity index (χ3n) is 1.97. The summed E-state index contributed by atoms with van der Waals surface area (Å²) >= 11 is 21.2. The first-order valence-electron chi connectivity index (χ1n) is 4.23. The van der Waals surface area contributed by atoms with Crippen LogP contribution in [-0.2, 0) is 0 Å². The second-order valence-electron chi connectivity index (χ2n) is 3.11. The summed E-state index contributed by atoms with van der Waals surface area (Å²) in [5.41, 5.74) is 1.07. The van der Waals surface area contributed by atoms with Crippen molar-refractivity contribution in [3.05, 3.63) is 42.2 Å². The van der Waals surface area contributed by atoms with Gasteiger partial charge in [-0.1, -0.05) is 23.2 Å². The van der Waals surface area contributed by atoms with E-state index in [-0.39, 0.29) is 5.38 Å². The van der Waals surface area contributed by atoms with Crippen LogP contribution < -0.4 is 0 Å². The fourth-order valence-corrected chi connectivity index (χ4v) is 3.96. The lowest BCUT2D eigenvalue weighted by molar-refractivity contribution is 1.23. The molecule has 0 aromatic carbocycles. The van der Waals surface area contributed by atoms with Crippen LogP contribution in [0.3, 0.4) is 0 Å². The zero-order valence-corrected chi connectivity index (χ0v) is 11.7. The van der Waals surface area contributed by atoms with Crippen molar-refractivity contribution in [2.75, 3.05) is 0 Å². The van der Waals surface area contributed by atoms with E-state index in [9.17, 15) is 0 Å². The van der Waals surface area contributed by atoms with Crippen molar-refractivity contribution in [1.82, 2.24) is 0 Å². The standard InChI is InChI=1S/C10H7Cl3S2/c1-5-4-7(15-10(5)13)9(12)6-2-3-8(11)14-6/h2-4,9H,1H3. The molecular weight excluding hydrogens is 291 g/mol. The molecule has 0 fully saturated rings. The summed E-state index contributed by atoms with van der Waals surface area (Å²) in [4.78, 5) is 2.12. The van der Waals surface area contributed by atoms with Crippen molar-refractivity contribution in [2.24, 2.45) is 0 Å². The Bertz CT molecular complexity index is 453. The molecule has 0 spiro atoms. The molecule has 0 bridgehead atoms. The van der Waals surface area contributed by atoms with Crippen LogP contribution in [0.15, 0.2) is 18.2 Å². The smallest absolute Gasteiger partial charge is 0.102 e. The van der Waals surface area contributed by atoms with Gasteiger partial charge in [0, 0.05) is 9.75 Å². The first-order chi connectivity index (χ1) is 7.08. The van der Waals surface area contributed by atoms with Gasteiger partial charge in [0.05, 0.1) is 8.67 Å². The van der Waals surface area contributed by atoms with Crippen molar-refractivity contribution in [2.45, 2.75) is 12.3 Å². The highest BCUT2D eigenvalue weighted by Crippen LogP contribution is 2.40. The number of aryl methyl sites for hydroxylation is 1. The Morgan fingerprint density at radius 3 is 2.33 bits per heavy atom. The van der Waals surface area contributed by atoms with Crippen LogP contribution >= 0.6 is 57.5 Å². The van der Waals surface area contributed by atoms with E-state index in [0.29, 0.717) is 0 Å². The molecule has 0 saturated carbocycles. The monoisotopic (exact) mass is 296 g/mol. The van der Waals surface area contributed by atoms with Gasteiger partial charge in [-0.2, -0.15) is 0 Å². The van der Waals surface area contributed by atoms with Gasteiger partial charge in [0.2, 0.25) is 0 Å². The second-order valence-corrected chi connectivity index (χ2v) is 6.98. The summed E-state index contributed by atoms with van der Waals surface area (Å²) in [7, 11) is 0. The van der Waals surface area contributed by atoms with Gasteiger partial charge in [-0.3, -0.25) is 0 Å². The number of hydrogen-bond donors (Lipinski definition) is 0. The number of halogens is 3. The molecule has 0 aliphatic rings. The fraction of sp³-hybridized carbons (Fsp3) is 0.200. The lowest BCUT2D eigenvalue weighted by atomic mass is 10.2. The normalized spacial score (nSPS) is 13.1. The molecule has 1 atom stereocenters. The molecule has 2 rings (SSSR count). The van der Waals surface area contributed by atoms with Crippen LogP contribution in [0, 0.1) is 6.92 Å². The molecule has 0 radical (unpaired) electrons. The van der Waals surface area contributed by atoms with Crippen LogP contribution in [0.1, 0.15) is 20.7 Å². The molecule has 80 valence electrons. The maximum absolute atomic E-state index is 6.33. The third kappa shape index (κ3) is 2.51.